The first-order valence-electron chi connectivity index (χ1n) is 2.25. The monoisotopic (exact) mass is 191 g/mol. The fourth-order valence-electron chi connectivity index (χ4n) is 0.445. The average molecular weight is 192 g/mol. The van der Waals surface area contributed by atoms with Crippen LogP contribution in [0.15, 0.2) is 22.9 Å². The molecule has 0 unspecified atom stereocenters. The van der Waals surface area contributed by atoms with E-state index in [1.807, 2.05) is 0 Å². The molecule has 0 N–H and O–H groups in total. The lowest BCUT2D eigenvalue weighted by atomic mass is 10.5. The van der Waals surface area contributed by atoms with Crippen LogP contribution >= 0.6 is 15.9 Å². The summed E-state index contributed by atoms with van der Waals surface area (Å²) in [4.78, 5) is 0. The Balaban J connectivity index is 3.25. The van der Waals surface area contributed by atoms with Crippen molar-refractivity contribution in [1.29, 1.82) is 0 Å². The predicted octanol–water partition coefficient (Wildman–Crippen LogP) is 1.22. The average Bonchev–Trinajstić information content (AvgIpc) is 1.83. The van der Waals surface area contributed by atoms with Crippen molar-refractivity contribution in [2.75, 3.05) is 0 Å². The van der Waals surface area contributed by atoms with Crippen LogP contribution in [0.5, 0.6) is 0 Å². The number of hydrogen-bond acceptors (Lipinski definition) is 1. The van der Waals surface area contributed by atoms with Gasteiger partial charge in [0.15, 0.2) is 6.20 Å². The van der Waals surface area contributed by atoms with E-state index in [0.29, 0.717) is 4.73 Å². The number of aromatic nitrogens is 1. The normalized spacial score (nSPS) is 9.56. The summed E-state index contributed by atoms with van der Waals surface area (Å²) in [5.41, 5.74) is 0. The Morgan fingerprint density at radius 3 is 2.78 bits per heavy atom. The zero-order valence-electron chi connectivity index (χ0n) is 4.34. The van der Waals surface area contributed by atoms with Gasteiger partial charge in [-0.2, -0.15) is 9.12 Å². The molecule has 0 saturated carbocycles. The fraction of sp³-hybridized carbons (Fsp3) is 0. The van der Waals surface area contributed by atoms with Gasteiger partial charge in [-0.15, -0.1) is 0 Å². The molecule has 0 aliphatic rings. The largest absolute Gasteiger partial charge is 0.618 e. The lowest BCUT2D eigenvalue weighted by molar-refractivity contribution is -0.619. The molecule has 0 amide bonds. The van der Waals surface area contributed by atoms with Gasteiger partial charge in [-0.1, -0.05) is 0 Å². The number of nitrogens with zero attached hydrogens (tertiary/aromatic N) is 1. The molecule has 0 aromatic carbocycles. The van der Waals surface area contributed by atoms with E-state index in [1.165, 1.54) is 18.3 Å². The van der Waals surface area contributed by atoms with Crippen LogP contribution in [-0.2, 0) is 0 Å². The summed E-state index contributed by atoms with van der Waals surface area (Å²) in [6.45, 7) is 0. The molecule has 0 spiro atoms. The van der Waals surface area contributed by atoms with E-state index in [9.17, 15) is 9.60 Å². The van der Waals surface area contributed by atoms with Crippen molar-refractivity contribution >= 4 is 15.9 Å². The molecular formula is C5H3BrFNO. The van der Waals surface area contributed by atoms with E-state index in [2.05, 4.69) is 15.9 Å². The van der Waals surface area contributed by atoms with Gasteiger partial charge < -0.3 is 5.21 Å². The molecule has 4 heteroatoms. The summed E-state index contributed by atoms with van der Waals surface area (Å²) in [5.74, 6) is -0.549. The van der Waals surface area contributed by atoms with Gasteiger partial charge in [-0.25, -0.2) is 0 Å². The SMILES string of the molecule is [O-][n+]1cccc(F)c1Br. The molecule has 2 nitrogen and oxygen atoms in total. The first-order chi connectivity index (χ1) is 4.22. The molecule has 0 aliphatic heterocycles. The molecule has 0 fully saturated rings. The molecule has 0 saturated heterocycles. The van der Waals surface area contributed by atoms with E-state index < -0.39 is 5.82 Å². The van der Waals surface area contributed by atoms with Crippen LogP contribution in [0.1, 0.15) is 0 Å². The minimum absolute atomic E-state index is 0.0787. The number of rotatable bonds is 0. The summed E-state index contributed by atoms with van der Waals surface area (Å²) < 4.78 is 12.6. The first-order valence-corrected chi connectivity index (χ1v) is 3.04. The summed E-state index contributed by atoms with van der Waals surface area (Å²) in [5, 5.41) is 10.5. The van der Waals surface area contributed by atoms with Crippen molar-refractivity contribution in [1.82, 2.24) is 0 Å². The van der Waals surface area contributed by atoms with E-state index in [4.69, 9.17) is 0 Å². The molecule has 0 atom stereocenters. The smallest absolute Gasteiger partial charge is 0.295 e. The van der Waals surface area contributed by atoms with E-state index in [-0.39, 0.29) is 4.60 Å². The summed E-state index contributed by atoms with van der Waals surface area (Å²) >= 11 is 2.75. The maximum absolute atomic E-state index is 12.3. The Kier molecular flexibility index (Phi) is 1.66. The Hall–Kier alpha value is -0.640. The minimum atomic E-state index is -0.549. The Morgan fingerprint density at radius 2 is 2.33 bits per heavy atom. The third-order valence-electron chi connectivity index (χ3n) is 0.855. The van der Waals surface area contributed by atoms with Gasteiger partial charge in [-0.05, 0) is 6.07 Å². The van der Waals surface area contributed by atoms with Crippen LogP contribution in [0.4, 0.5) is 4.39 Å². The second-order valence-electron chi connectivity index (χ2n) is 1.47. The number of hydrogen-bond donors (Lipinski definition) is 0. The molecule has 1 rings (SSSR count). The summed E-state index contributed by atoms with van der Waals surface area (Å²) in [6, 6.07) is 2.55. The summed E-state index contributed by atoms with van der Waals surface area (Å²) in [7, 11) is 0. The molecule has 1 aromatic rings. The van der Waals surface area contributed by atoms with Crippen LogP contribution in [0.3, 0.4) is 0 Å². The highest BCUT2D eigenvalue weighted by atomic mass is 79.9. The number of halogens is 2. The fourth-order valence-corrected chi connectivity index (χ4v) is 0.696. The molecule has 0 aliphatic carbocycles. The highest BCUT2D eigenvalue weighted by Gasteiger charge is 2.05. The van der Waals surface area contributed by atoms with Crippen molar-refractivity contribution < 1.29 is 9.12 Å². The molecule has 0 bridgehead atoms. The second kappa shape index (κ2) is 2.31. The Bertz CT molecular complexity index is 208. The quantitative estimate of drug-likeness (QED) is 0.345. The zero-order valence-corrected chi connectivity index (χ0v) is 5.93. The molecule has 48 valence electrons. The van der Waals surface area contributed by atoms with Crippen LogP contribution < -0.4 is 4.73 Å². The third kappa shape index (κ3) is 1.18. The minimum Gasteiger partial charge on any atom is -0.618 e. The van der Waals surface area contributed by atoms with Crippen molar-refractivity contribution in [3.63, 3.8) is 0 Å². The van der Waals surface area contributed by atoms with E-state index >= 15 is 0 Å². The molecule has 0 radical (unpaired) electrons. The molecular weight excluding hydrogens is 189 g/mol. The predicted molar refractivity (Wildman–Crippen MR) is 33.1 cm³/mol. The Labute approximate surface area is 59.6 Å². The van der Waals surface area contributed by atoms with Crippen molar-refractivity contribution in [3.05, 3.63) is 34.0 Å². The van der Waals surface area contributed by atoms with Gasteiger partial charge in [-0.3, -0.25) is 0 Å². The van der Waals surface area contributed by atoms with Gasteiger partial charge >= 0.3 is 0 Å². The van der Waals surface area contributed by atoms with Gasteiger partial charge in [0.05, 0.1) is 0 Å². The highest BCUT2D eigenvalue weighted by Crippen LogP contribution is 2.06. The standard InChI is InChI=1S/C5H3BrFNO/c6-5-4(7)2-1-3-8(5)9/h1-3H. The summed E-state index contributed by atoms with van der Waals surface area (Å²) in [6.07, 6.45) is 1.22. The van der Waals surface area contributed by atoms with Gasteiger partial charge in [0.25, 0.3) is 4.60 Å². The van der Waals surface area contributed by atoms with Crippen molar-refractivity contribution in [2.45, 2.75) is 0 Å². The topological polar surface area (TPSA) is 26.9 Å². The molecule has 1 aromatic heterocycles. The van der Waals surface area contributed by atoms with Gasteiger partial charge in [0.1, 0.15) is 0 Å². The van der Waals surface area contributed by atoms with Crippen LogP contribution in [0.25, 0.3) is 0 Å². The maximum Gasteiger partial charge on any atom is 0.295 e. The van der Waals surface area contributed by atoms with E-state index in [1.54, 1.807) is 0 Å². The second-order valence-corrected chi connectivity index (χ2v) is 2.22. The van der Waals surface area contributed by atoms with E-state index in [0.717, 1.165) is 0 Å². The maximum atomic E-state index is 12.3. The van der Waals surface area contributed by atoms with Gasteiger partial charge in [0, 0.05) is 22.0 Å². The number of pyridine rings is 1. The Morgan fingerprint density at radius 1 is 1.67 bits per heavy atom. The molecule has 1 heterocycles. The van der Waals surface area contributed by atoms with Crippen LogP contribution in [-0.4, -0.2) is 0 Å². The molecule has 9 heavy (non-hydrogen) atoms. The highest BCUT2D eigenvalue weighted by molar-refractivity contribution is 9.10. The van der Waals surface area contributed by atoms with Crippen LogP contribution in [0.2, 0.25) is 0 Å². The van der Waals surface area contributed by atoms with Crippen LogP contribution in [0, 0.1) is 11.0 Å². The third-order valence-corrected chi connectivity index (χ3v) is 1.58. The first kappa shape index (κ1) is 6.48. The van der Waals surface area contributed by atoms with Crippen molar-refractivity contribution in [3.8, 4) is 0 Å². The van der Waals surface area contributed by atoms with Crippen molar-refractivity contribution in [2.24, 2.45) is 0 Å². The lowest BCUT2D eigenvalue weighted by Crippen LogP contribution is -2.27. The zero-order chi connectivity index (χ0) is 6.85. The van der Waals surface area contributed by atoms with Gasteiger partial charge in [0.2, 0.25) is 5.82 Å². The lowest BCUT2D eigenvalue weighted by Gasteiger charge is -1.95.